The number of sulfonamides is 1. The van der Waals surface area contributed by atoms with Crippen molar-refractivity contribution in [1.82, 2.24) is 4.72 Å². The number of rotatable bonds is 7. The van der Waals surface area contributed by atoms with E-state index >= 15 is 0 Å². The topological polar surface area (TPSA) is 55.4 Å². The van der Waals surface area contributed by atoms with Crippen LogP contribution in [0.2, 0.25) is 0 Å². The van der Waals surface area contributed by atoms with Gasteiger partial charge in [0.15, 0.2) is 0 Å². The Morgan fingerprint density at radius 1 is 1.43 bits per heavy atom. The maximum atomic E-state index is 11.3. The van der Waals surface area contributed by atoms with Crippen molar-refractivity contribution in [2.24, 2.45) is 5.92 Å². The molecule has 0 aromatic carbocycles. The molecule has 14 heavy (non-hydrogen) atoms. The van der Waals surface area contributed by atoms with Crippen LogP contribution in [0.3, 0.4) is 0 Å². The lowest BCUT2D eigenvalue weighted by Crippen LogP contribution is -2.34. The Morgan fingerprint density at radius 3 is 2.43 bits per heavy atom. The summed E-state index contributed by atoms with van der Waals surface area (Å²) < 4.78 is 29.8. The Kier molecular flexibility index (Phi) is 6.93. The van der Waals surface area contributed by atoms with E-state index in [9.17, 15) is 8.42 Å². The van der Waals surface area contributed by atoms with Gasteiger partial charge in [-0.25, -0.2) is 13.1 Å². The van der Waals surface area contributed by atoms with Crippen LogP contribution < -0.4 is 4.72 Å². The average molecular weight is 288 g/mol. The second-order valence-electron chi connectivity index (χ2n) is 3.42. The van der Waals surface area contributed by atoms with E-state index in [1.54, 1.807) is 0 Å². The molecule has 4 nitrogen and oxygen atoms in total. The van der Waals surface area contributed by atoms with Gasteiger partial charge in [-0.3, -0.25) is 0 Å². The highest BCUT2D eigenvalue weighted by Gasteiger charge is 2.14. The standard InChI is InChI=1S/C8H18BrNO3S/c1-7(2)8(9)6-10-14(11,12)5-4-13-3/h7-8,10H,4-6H2,1-3H3. The normalized spacial score (nSPS) is 14.6. The Labute approximate surface area is 94.6 Å². The fourth-order valence-corrected chi connectivity index (χ4v) is 2.05. The molecular weight excluding hydrogens is 270 g/mol. The first-order valence-corrected chi connectivity index (χ1v) is 7.06. The minimum atomic E-state index is -3.18. The van der Waals surface area contributed by atoms with Crippen molar-refractivity contribution in [3.8, 4) is 0 Å². The zero-order valence-electron chi connectivity index (χ0n) is 8.79. The number of alkyl halides is 1. The van der Waals surface area contributed by atoms with E-state index in [1.165, 1.54) is 7.11 Å². The SMILES string of the molecule is COCCS(=O)(=O)NCC(Br)C(C)C. The predicted octanol–water partition coefficient (Wildman–Crippen LogP) is 0.972. The number of methoxy groups -OCH3 is 1. The fourth-order valence-electron chi connectivity index (χ4n) is 0.707. The Balaban J connectivity index is 3.87. The summed E-state index contributed by atoms with van der Waals surface area (Å²) in [4.78, 5) is 0.166. The molecule has 1 unspecified atom stereocenters. The van der Waals surface area contributed by atoms with Gasteiger partial charge in [-0.15, -0.1) is 0 Å². The molecule has 0 heterocycles. The van der Waals surface area contributed by atoms with Gasteiger partial charge in [0.1, 0.15) is 0 Å². The summed E-state index contributed by atoms with van der Waals surface area (Å²) in [5.41, 5.74) is 0. The molecule has 0 bridgehead atoms. The highest BCUT2D eigenvalue weighted by Crippen LogP contribution is 2.10. The minimum Gasteiger partial charge on any atom is -0.384 e. The molecule has 0 amide bonds. The summed E-state index contributed by atoms with van der Waals surface area (Å²) in [6.07, 6.45) is 0. The van der Waals surface area contributed by atoms with Gasteiger partial charge >= 0.3 is 0 Å². The van der Waals surface area contributed by atoms with E-state index in [0.717, 1.165) is 0 Å². The Bertz CT molecular complexity index is 241. The number of nitrogens with one attached hydrogen (secondary N) is 1. The van der Waals surface area contributed by atoms with Crippen molar-refractivity contribution in [2.45, 2.75) is 18.7 Å². The van der Waals surface area contributed by atoms with E-state index in [0.29, 0.717) is 12.5 Å². The quantitative estimate of drug-likeness (QED) is 0.710. The fraction of sp³-hybridized carbons (Fsp3) is 1.00. The van der Waals surface area contributed by atoms with E-state index in [4.69, 9.17) is 4.74 Å². The van der Waals surface area contributed by atoms with Crippen molar-refractivity contribution in [3.05, 3.63) is 0 Å². The van der Waals surface area contributed by atoms with Gasteiger partial charge < -0.3 is 4.74 Å². The van der Waals surface area contributed by atoms with Crippen molar-refractivity contribution in [1.29, 1.82) is 0 Å². The maximum Gasteiger partial charge on any atom is 0.213 e. The van der Waals surface area contributed by atoms with E-state index in [1.807, 2.05) is 13.8 Å². The molecule has 0 aliphatic heterocycles. The van der Waals surface area contributed by atoms with Gasteiger partial charge in [0.05, 0.1) is 12.4 Å². The van der Waals surface area contributed by atoms with Crippen molar-refractivity contribution >= 4 is 26.0 Å². The number of hydrogen-bond acceptors (Lipinski definition) is 3. The zero-order valence-corrected chi connectivity index (χ0v) is 11.2. The number of hydrogen-bond donors (Lipinski definition) is 1. The number of halogens is 1. The first-order valence-electron chi connectivity index (χ1n) is 4.49. The second-order valence-corrected chi connectivity index (χ2v) is 6.52. The Morgan fingerprint density at radius 2 is 2.00 bits per heavy atom. The maximum absolute atomic E-state index is 11.3. The third-order valence-electron chi connectivity index (χ3n) is 1.78. The molecule has 0 rings (SSSR count). The summed E-state index contributed by atoms with van der Waals surface area (Å²) in [6.45, 7) is 4.71. The Hall–Kier alpha value is 0.350. The molecule has 6 heteroatoms. The van der Waals surface area contributed by atoms with E-state index in [2.05, 4.69) is 20.7 Å². The smallest absolute Gasteiger partial charge is 0.213 e. The van der Waals surface area contributed by atoms with E-state index < -0.39 is 10.0 Å². The third kappa shape index (κ3) is 6.75. The lowest BCUT2D eigenvalue weighted by atomic mass is 10.1. The summed E-state index contributed by atoms with van der Waals surface area (Å²) in [5, 5.41) is 0. The first kappa shape index (κ1) is 14.3. The van der Waals surface area contributed by atoms with Crippen molar-refractivity contribution < 1.29 is 13.2 Å². The van der Waals surface area contributed by atoms with Gasteiger partial charge in [-0.2, -0.15) is 0 Å². The highest BCUT2D eigenvalue weighted by atomic mass is 79.9. The summed E-state index contributed by atoms with van der Waals surface area (Å²) >= 11 is 3.40. The van der Waals surface area contributed by atoms with Crippen LogP contribution in [0.15, 0.2) is 0 Å². The van der Waals surface area contributed by atoms with Crippen molar-refractivity contribution in [2.75, 3.05) is 26.0 Å². The van der Waals surface area contributed by atoms with Crippen LogP contribution in [-0.4, -0.2) is 39.3 Å². The molecule has 0 aromatic heterocycles. The first-order chi connectivity index (χ1) is 6.39. The molecule has 0 saturated heterocycles. The molecule has 0 aromatic rings. The van der Waals surface area contributed by atoms with Crippen LogP contribution in [0.25, 0.3) is 0 Å². The molecule has 1 N–H and O–H groups in total. The van der Waals surface area contributed by atoms with Gasteiger partial charge in [-0.1, -0.05) is 29.8 Å². The van der Waals surface area contributed by atoms with Crippen LogP contribution in [0, 0.1) is 5.92 Å². The molecule has 0 aliphatic carbocycles. The van der Waals surface area contributed by atoms with Gasteiger partial charge in [0.25, 0.3) is 0 Å². The summed E-state index contributed by atoms with van der Waals surface area (Å²) in [5.74, 6) is 0.418. The summed E-state index contributed by atoms with van der Waals surface area (Å²) in [7, 11) is -1.69. The number of ether oxygens (including phenoxy) is 1. The van der Waals surface area contributed by atoms with Crippen LogP contribution in [0.4, 0.5) is 0 Å². The largest absolute Gasteiger partial charge is 0.384 e. The van der Waals surface area contributed by atoms with Gasteiger partial charge in [0, 0.05) is 18.5 Å². The molecule has 0 fully saturated rings. The molecule has 1 atom stereocenters. The van der Waals surface area contributed by atoms with Crippen LogP contribution >= 0.6 is 15.9 Å². The average Bonchev–Trinajstić information content (AvgIpc) is 2.11. The summed E-state index contributed by atoms with van der Waals surface area (Å²) in [6, 6.07) is 0. The predicted molar refractivity (Wildman–Crippen MR) is 61.2 cm³/mol. The molecule has 0 radical (unpaired) electrons. The lowest BCUT2D eigenvalue weighted by Gasteiger charge is -2.14. The molecular formula is C8H18BrNO3S. The van der Waals surface area contributed by atoms with Crippen LogP contribution in [0.5, 0.6) is 0 Å². The third-order valence-corrected chi connectivity index (χ3v) is 4.47. The van der Waals surface area contributed by atoms with Crippen LogP contribution in [-0.2, 0) is 14.8 Å². The molecule has 0 saturated carbocycles. The molecule has 0 spiro atoms. The zero-order chi connectivity index (χ0) is 11.2. The molecule has 86 valence electrons. The van der Waals surface area contributed by atoms with Gasteiger partial charge in [-0.05, 0) is 5.92 Å². The van der Waals surface area contributed by atoms with E-state index in [-0.39, 0.29) is 17.2 Å². The lowest BCUT2D eigenvalue weighted by molar-refractivity contribution is 0.217. The monoisotopic (exact) mass is 287 g/mol. The minimum absolute atomic E-state index is 0.0152. The molecule has 0 aliphatic rings. The van der Waals surface area contributed by atoms with Crippen molar-refractivity contribution in [3.63, 3.8) is 0 Å². The second kappa shape index (κ2) is 6.76. The van der Waals surface area contributed by atoms with Gasteiger partial charge in [0.2, 0.25) is 10.0 Å². The highest BCUT2D eigenvalue weighted by molar-refractivity contribution is 9.09. The van der Waals surface area contributed by atoms with Crippen LogP contribution in [0.1, 0.15) is 13.8 Å².